The molecule has 1 rings (SSSR count). The Morgan fingerprint density at radius 3 is 1.33 bits per heavy atom. The van der Waals surface area contributed by atoms with E-state index in [2.05, 4.69) is 13.6 Å². The van der Waals surface area contributed by atoms with Gasteiger partial charge >= 0.3 is 23.2 Å². The van der Waals surface area contributed by atoms with Gasteiger partial charge in [0.25, 0.3) is 0 Å². The Hall–Kier alpha value is 0.250. The van der Waals surface area contributed by atoms with Crippen LogP contribution in [0.15, 0.2) is 0 Å². The molecule has 1 unspecified atom stereocenters. The molecule has 24 heavy (non-hydrogen) atoms. The van der Waals surface area contributed by atoms with Gasteiger partial charge in [-0.25, -0.2) is 9.13 Å². The topological polar surface area (TPSA) is 241 Å². The molecular weight excluding hydrogens is 401 g/mol. The predicted octanol–water partition coefficient (Wildman–Crippen LogP) is -2.76. The van der Waals surface area contributed by atoms with Crippen molar-refractivity contribution in [1.82, 2.24) is 0 Å². The van der Waals surface area contributed by atoms with E-state index in [-0.39, 0.29) is 0 Å². The standard InChI is InChI=1S/C7H17O14P3/c1-22(11,12)19-7-4(10)5(20-23(13,14)15)2(8)3(9)6(7)21-24(16,17)18/h2-10H,1H3,(H,11,12)(H2,13,14,15)(H2,16,17,18)/t2-,3-,4+,5+,6+,7+/m1/s1. The van der Waals surface area contributed by atoms with Gasteiger partial charge in [-0.2, -0.15) is 0 Å². The van der Waals surface area contributed by atoms with Gasteiger partial charge in [0.15, 0.2) is 0 Å². The SMILES string of the molecule is CP(=O)(O)O[C@H]1[C@@H](O)[C@@H](OP(=O)(O)O)[C@H](O)[C@@H](O)[C@@H]1OP(=O)(O)O. The highest BCUT2D eigenvalue weighted by molar-refractivity contribution is 7.51. The average molecular weight is 418 g/mol. The van der Waals surface area contributed by atoms with Crippen molar-refractivity contribution in [3.8, 4) is 0 Å². The second kappa shape index (κ2) is 7.47. The van der Waals surface area contributed by atoms with Crippen molar-refractivity contribution >= 4 is 23.2 Å². The number of hydrogen-bond acceptors (Lipinski definition) is 9. The molecule has 144 valence electrons. The molecule has 7 atom stereocenters. The molecule has 0 aromatic carbocycles. The van der Waals surface area contributed by atoms with Crippen LogP contribution in [0.5, 0.6) is 0 Å². The molecule has 1 aliphatic rings. The summed E-state index contributed by atoms with van der Waals surface area (Å²) >= 11 is 0. The molecule has 0 amide bonds. The summed E-state index contributed by atoms with van der Waals surface area (Å²) in [5.41, 5.74) is 0. The molecule has 0 aromatic heterocycles. The van der Waals surface area contributed by atoms with Gasteiger partial charge in [-0.1, -0.05) is 0 Å². The lowest BCUT2D eigenvalue weighted by Crippen LogP contribution is -2.65. The van der Waals surface area contributed by atoms with Crippen molar-refractivity contribution in [3.63, 3.8) is 0 Å². The lowest BCUT2D eigenvalue weighted by Gasteiger charge is -2.44. The molecular formula is C7H17O14P3. The Bertz CT molecular complexity index is 575. The van der Waals surface area contributed by atoms with Crippen LogP contribution in [0, 0.1) is 0 Å². The van der Waals surface area contributed by atoms with Crippen LogP contribution in [-0.4, -0.2) is 83.1 Å². The summed E-state index contributed by atoms with van der Waals surface area (Å²) < 4.78 is 45.9. The third-order valence-electron chi connectivity index (χ3n) is 2.86. The number of aliphatic hydroxyl groups excluding tert-OH is 3. The zero-order chi connectivity index (χ0) is 19.1. The summed E-state index contributed by atoms with van der Waals surface area (Å²) in [6.07, 6.45) is -13.5. The van der Waals surface area contributed by atoms with Gasteiger partial charge in [-0.3, -0.25) is 18.1 Å². The summed E-state index contributed by atoms with van der Waals surface area (Å²) in [6, 6.07) is 0. The highest BCUT2D eigenvalue weighted by Gasteiger charge is 2.55. The van der Waals surface area contributed by atoms with Gasteiger partial charge < -0.3 is 39.8 Å². The quantitative estimate of drug-likeness (QED) is 0.204. The first-order chi connectivity index (χ1) is 10.5. The smallest absolute Gasteiger partial charge is 0.387 e. The van der Waals surface area contributed by atoms with Gasteiger partial charge in [0.05, 0.1) is 0 Å². The van der Waals surface area contributed by atoms with Crippen LogP contribution in [0.2, 0.25) is 0 Å². The molecule has 0 aliphatic heterocycles. The Morgan fingerprint density at radius 1 is 0.625 bits per heavy atom. The highest BCUT2D eigenvalue weighted by Crippen LogP contribution is 2.49. The fourth-order valence-electron chi connectivity index (χ4n) is 2.08. The van der Waals surface area contributed by atoms with Crippen molar-refractivity contribution < 1.29 is 67.1 Å². The van der Waals surface area contributed by atoms with Gasteiger partial charge in [-0.05, 0) is 0 Å². The Morgan fingerprint density at radius 2 is 0.958 bits per heavy atom. The largest absolute Gasteiger partial charge is 0.470 e. The number of hydrogen-bond donors (Lipinski definition) is 8. The van der Waals surface area contributed by atoms with Gasteiger partial charge in [-0.15, -0.1) is 0 Å². The minimum atomic E-state index is -5.32. The first kappa shape index (κ1) is 22.3. The monoisotopic (exact) mass is 418 g/mol. The van der Waals surface area contributed by atoms with E-state index < -0.39 is 59.9 Å². The molecule has 1 aliphatic carbocycles. The van der Waals surface area contributed by atoms with Crippen LogP contribution in [0.25, 0.3) is 0 Å². The molecule has 1 fully saturated rings. The molecule has 0 saturated heterocycles. The summed E-state index contributed by atoms with van der Waals surface area (Å²) in [5.74, 6) is 0. The Labute approximate surface area is 134 Å². The van der Waals surface area contributed by atoms with E-state index in [0.29, 0.717) is 6.66 Å². The van der Waals surface area contributed by atoms with E-state index in [9.17, 15) is 33.9 Å². The summed E-state index contributed by atoms with van der Waals surface area (Å²) in [4.78, 5) is 44.3. The third kappa shape index (κ3) is 6.52. The molecule has 0 heterocycles. The number of aliphatic hydroxyl groups is 3. The molecule has 8 N–H and O–H groups in total. The molecule has 0 aromatic rings. The molecule has 17 heteroatoms. The van der Waals surface area contributed by atoms with E-state index in [1.54, 1.807) is 0 Å². The fraction of sp³-hybridized carbons (Fsp3) is 1.00. The molecule has 14 nitrogen and oxygen atoms in total. The molecule has 1 saturated carbocycles. The van der Waals surface area contributed by atoms with Crippen LogP contribution >= 0.6 is 23.2 Å². The Kier molecular flexibility index (Phi) is 6.94. The van der Waals surface area contributed by atoms with Crippen molar-refractivity contribution in [1.29, 1.82) is 0 Å². The van der Waals surface area contributed by atoms with Crippen molar-refractivity contribution in [2.24, 2.45) is 0 Å². The van der Waals surface area contributed by atoms with E-state index in [1.165, 1.54) is 0 Å². The summed E-state index contributed by atoms with van der Waals surface area (Å²) in [7, 11) is -15.0. The summed E-state index contributed by atoms with van der Waals surface area (Å²) in [6.45, 7) is 0.629. The average Bonchev–Trinajstić information content (AvgIpc) is 2.32. The lowest BCUT2D eigenvalue weighted by atomic mass is 9.85. The number of phosphoric ester groups is 2. The summed E-state index contributed by atoms with van der Waals surface area (Å²) in [5, 5.41) is 29.6. The van der Waals surface area contributed by atoms with Crippen molar-refractivity contribution in [2.75, 3.05) is 6.66 Å². The van der Waals surface area contributed by atoms with Crippen LogP contribution in [0.4, 0.5) is 0 Å². The maximum absolute atomic E-state index is 11.4. The van der Waals surface area contributed by atoms with Crippen LogP contribution in [0.3, 0.4) is 0 Å². The van der Waals surface area contributed by atoms with Crippen LogP contribution in [0.1, 0.15) is 0 Å². The van der Waals surface area contributed by atoms with E-state index >= 15 is 0 Å². The minimum Gasteiger partial charge on any atom is -0.387 e. The predicted molar refractivity (Wildman–Crippen MR) is 72.5 cm³/mol. The zero-order valence-electron chi connectivity index (χ0n) is 11.8. The Balaban J connectivity index is 3.23. The normalized spacial score (nSPS) is 37.9. The lowest BCUT2D eigenvalue weighted by molar-refractivity contribution is -0.210. The van der Waals surface area contributed by atoms with E-state index in [4.69, 9.17) is 19.6 Å². The first-order valence-electron chi connectivity index (χ1n) is 6.02. The van der Waals surface area contributed by atoms with E-state index in [1.807, 2.05) is 0 Å². The van der Waals surface area contributed by atoms with Crippen molar-refractivity contribution in [2.45, 2.75) is 36.6 Å². The second-order valence-corrected chi connectivity index (χ2v) is 9.17. The highest BCUT2D eigenvalue weighted by atomic mass is 31.2. The van der Waals surface area contributed by atoms with Gasteiger partial charge in [0.1, 0.15) is 36.6 Å². The van der Waals surface area contributed by atoms with Crippen LogP contribution in [-0.2, 0) is 27.3 Å². The molecule has 0 spiro atoms. The maximum Gasteiger partial charge on any atom is 0.470 e. The second-order valence-electron chi connectivity index (χ2n) is 4.97. The maximum atomic E-state index is 11.4. The number of phosphoric acid groups is 2. The van der Waals surface area contributed by atoms with Gasteiger partial charge in [0.2, 0.25) is 0 Å². The van der Waals surface area contributed by atoms with E-state index in [0.717, 1.165) is 0 Å². The first-order valence-corrected chi connectivity index (χ1v) is 11.1. The number of rotatable bonds is 6. The zero-order valence-corrected chi connectivity index (χ0v) is 14.5. The van der Waals surface area contributed by atoms with Gasteiger partial charge in [0, 0.05) is 6.66 Å². The van der Waals surface area contributed by atoms with Crippen molar-refractivity contribution in [3.05, 3.63) is 0 Å². The third-order valence-corrected chi connectivity index (χ3v) is 4.53. The molecule has 0 radical (unpaired) electrons. The minimum absolute atomic E-state index is 0.629. The fourth-order valence-corrected chi connectivity index (χ4v) is 3.90. The van der Waals surface area contributed by atoms with Crippen LogP contribution < -0.4 is 0 Å². The molecule has 0 bridgehead atoms.